The van der Waals surface area contributed by atoms with Crippen molar-refractivity contribution in [2.75, 3.05) is 23.3 Å². The van der Waals surface area contributed by atoms with Crippen molar-refractivity contribution in [1.29, 1.82) is 5.26 Å². The van der Waals surface area contributed by atoms with Gasteiger partial charge in [0.15, 0.2) is 10.9 Å². The molecule has 24 heavy (non-hydrogen) atoms. The van der Waals surface area contributed by atoms with Crippen LogP contribution in [0, 0.1) is 23.2 Å². The Morgan fingerprint density at radius 3 is 3.04 bits per heavy atom. The van der Waals surface area contributed by atoms with Crippen molar-refractivity contribution >= 4 is 50.0 Å². The van der Waals surface area contributed by atoms with Crippen LogP contribution in [0.25, 0.3) is 10.2 Å². The molecule has 6 nitrogen and oxygen atoms in total. The molecule has 1 atom stereocenters. The summed E-state index contributed by atoms with van der Waals surface area (Å²) in [6.45, 7) is 1.57. The number of nitrogens with zero attached hydrogens (tertiary/aromatic N) is 4. The molecule has 1 aliphatic carbocycles. The average molecular weight is 362 g/mol. The third-order valence-electron chi connectivity index (χ3n) is 4.43. The van der Waals surface area contributed by atoms with E-state index in [2.05, 4.69) is 26.3 Å². The Kier molecular flexibility index (Phi) is 4.02. The number of pyridine rings is 1. The number of amides is 1. The molecule has 0 bridgehead atoms. The van der Waals surface area contributed by atoms with E-state index in [4.69, 9.17) is 16.9 Å². The van der Waals surface area contributed by atoms with Gasteiger partial charge in [0, 0.05) is 19.0 Å². The van der Waals surface area contributed by atoms with E-state index in [-0.39, 0.29) is 17.7 Å². The van der Waals surface area contributed by atoms with E-state index < -0.39 is 0 Å². The van der Waals surface area contributed by atoms with Crippen LogP contribution in [0.3, 0.4) is 0 Å². The Morgan fingerprint density at radius 1 is 1.46 bits per heavy atom. The standard InChI is InChI=1S/C16H16ClN5OS/c17-11-7-19-14(21-15(23)10-3-4-10)13-12(11)20-16(24-13)22-5-1-2-9(6-18)8-22/h7,9-10H,1-5,8H2,(H,19,21,23)/t9-/m1/s1. The number of rotatable bonds is 3. The number of fused-ring (bicyclic) bond motifs is 1. The van der Waals surface area contributed by atoms with Crippen LogP contribution in [0.2, 0.25) is 5.02 Å². The zero-order valence-corrected chi connectivity index (χ0v) is 14.5. The van der Waals surface area contributed by atoms with Crippen LogP contribution in [-0.2, 0) is 4.79 Å². The predicted molar refractivity (Wildman–Crippen MR) is 94.3 cm³/mol. The van der Waals surface area contributed by atoms with Crippen LogP contribution in [0.15, 0.2) is 6.20 Å². The lowest BCUT2D eigenvalue weighted by atomic mass is 10.0. The van der Waals surface area contributed by atoms with E-state index in [1.807, 2.05) is 0 Å². The van der Waals surface area contributed by atoms with Gasteiger partial charge in [0.2, 0.25) is 5.91 Å². The summed E-state index contributed by atoms with van der Waals surface area (Å²) in [5.41, 5.74) is 0.664. The minimum Gasteiger partial charge on any atom is -0.347 e. The van der Waals surface area contributed by atoms with E-state index in [1.165, 1.54) is 17.5 Å². The summed E-state index contributed by atoms with van der Waals surface area (Å²) in [6, 6.07) is 2.35. The molecule has 1 saturated heterocycles. The largest absolute Gasteiger partial charge is 0.347 e. The van der Waals surface area contributed by atoms with Gasteiger partial charge >= 0.3 is 0 Å². The van der Waals surface area contributed by atoms with Crippen LogP contribution < -0.4 is 10.2 Å². The molecule has 3 heterocycles. The van der Waals surface area contributed by atoms with Gasteiger partial charge in [0.05, 0.1) is 23.2 Å². The molecule has 4 rings (SSSR count). The summed E-state index contributed by atoms with van der Waals surface area (Å²) in [7, 11) is 0. The van der Waals surface area contributed by atoms with Gasteiger partial charge in [-0.25, -0.2) is 9.97 Å². The SMILES string of the molecule is N#C[C@H]1CCCN(c2nc3c(Cl)cnc(NC(=O)C4CC4)c3s2)C1. The van der Waals surface area contributed by atoms with Crippen LogP contribution in [0.1, 0.15) is 25.7 Å². The van der Waals surface area contributed by atoms with E-state index in [0.717, 1.165) is 42.1 Å². The summed E-state index contributed by atoms with van der Waals surface area (Å²) in [5.74, 6) is 0.698. The van der Waals surface area contributed by atoms with E-state index in [9.17, 15) is 4.79 Å². The molecule has 2 aromatic rings. The fraction of sp³-hybridized carbons (Fsp3) is 0.500. The fourth-order valence-corrected chi connectivity index (χ4v) is 4.23. The molecule has 0 aromatic carbocycles. The van der Waals surface area contributed by atoms with Crippen LogP contribution >= 0.6 is 22.9 Å². The van der Waals surface area contributed by atoms with E-state index >= 15 is 0 Å². The number of hydrogen-bond acceptors (Lipinski definition) is 6. The van der Waals surface area contributed by atoms with Gasteiger partial charge in [-0.3, -0.25) is 4.79 Å². The van der Waals surface area contributed by atoms with Gasteiger partial charge < -0.3 is 10.2 Å². The number of nitrogens with one attached hydrogen (secondary N) is 1. The summed E-state index contributed by atoms with van der Waals surface area (Å²) in [4.78, 5) is 23.1. The number of nitriles is 1. The Balaban J connectivity index is 1.67. The average Bonchev–Trinajstić information content (AvgIpc) is 3.35. The molecule has 1 amide bonds. The highest BCUT2D eigenvalue weighted by Gasteiger charge is 2.31. The zero-order valence-electron chi connectivity index (χ0n) is 13.0. The Hall–Kier alpha value is -1.91. The normalized spacial score (nSPS) is 20.8. The first-order valence-corrected chi connectivity index (χ1v) is 9.25. The topological polar surface area (TPSA) is 81.9 Å². The first-order chi connectivity index (χ1) is 11.7. The number of hydrogen-bond donors (Lipinski definition) is 1. The number of anilines is 2. The number of thiazole rings is 1. The summed E-state index contributed by atoms with van der Waals surface area (Å²) < 4.78 is 0.797. The lowest BCUT2D eigenvalue weighted by molar-refractivity contribution is -0.117. The highest BCUT2D eigenvalue weighted by molar-refractivity contribution is 7.22. The number of piperidine rings is 1. The molecule has 8 heteroatoms. The maximum atomic E-state index is 12.0. The number of carbonyl (C=O) groups is 1. The van der Waals surface area contributed by atoms with Crippen molar-refractivity contribution in [2.45, 2.75) is 25.7 Å². The fourth-order valence-electron chi connectivity index (χ4n) is 2.92. The van der Waals surface area contributed by atoms with Gasteiger partial charge in [-0.15, -0.1) is 0 Å². The molecule has 0 spiro atoms. The highest BCUT2D eigenvalue weighted by atomic mass is 35.5. The molecule has 0 radical (unpaired) electrons. The molecule has 2 aliphatic rings. The molecule has 2 aromatic heterocycles. The second-order valence-corrected chi connectivity index (χ2v) is 7.69. The Morgan fingerprint density at radius 2 is 2.29 bits per heavy atom. The summed E-state index contributed by atoms with van der Waals surface area (Å²) >= 11 is 7.72. The minimum absolute atomic E-state index is 0.0172. The molecule has 1 saturated carbocycles. The minimum atomic E-state index is 0.0172. The van der Waals surface area contributed by atoms with Crippen molar-refractivity contribution in [3.8, 4) is 6.07 Å². The van der Waals surface area contributed by atoms with Crippen molar-refractivity contribution in [3.05, 3.63) is 11.2 Å². The number of aromatic nitrogens is 2. The molecular weight excluding hydrogens is 346 g/mol. The van der Waals surface area contributed by atoms with E-state index in [1.54, 1.807) is 0 Å². The second-order valence-electron chi connectivity index (χ2n) is 6.31. The van der Waals surface area contributed by atoms with Gasteiger partial charge in [-0.1, -0.05) is 22.9 Å². The zero-order chi connectivity index (χ0) is 16.7. The molecular formula is C16H16ClN5OS. The number of carbonyl (C=O) groups excluding carboxylic acids is 1. The van der Waals surface area contributed by atoms with Crippen molar-refractivity contribution in [3.63, 3.8) is 0 Å². The molecule has 124 valence electrons. The third-order valence-corrected chi connectivity index (χ3v) is 5.83. The van der Waals surface area contributed by atoms with Crippen LogP contribution in [0.5, 0.6) is 0 Å². The van der Waals surface area contributed by atoms with Crippen molar-refractivity contribution in [1.82, 2.24) is 9.97 Å². The second kappa shape index (κ2) is 6.19. The van der Waals surface area contributed by atoms with Crippen molar-refractivity contribution < 1.29 is 4.79 Å². The maximum absolute atomic E-state index is 12.0. The highest BCUT2D eigenvalue weighted by Crippen LogP contribution is 2.38. The first-order valence-electron chi connectivity index (χ1n) is 8.06. The quantitative estimate of drug-likeness (QED) is 0.905. The van der Waals surface area contributed by atoms with Crippen molar-refractivity contribution in [2.24, 2.45) is 11.8 Å². The molecule has 0 unspecified atom stereocenters. The predicted octanol–water partition coefficient (Wildman–Crippen LogP) is 3.43. The maximum Gasteiger partial charge on any atom is 0.228 e. The monoisotopic (exact) mass is 361 g/mol. The first kappa shape index (κ1) is 15.6. The molecule has 2 fully saturated rings. The lowest BCUT2D eigenvalue weighted by Crippen LogP contribution is -2.34. The summed E-state index contributed by atoms with van der Waals surface area (Å²) in [5, 5.41) is 13.4. The van der Waals surface area contributed by atoms with Gasteiger partial charge in [-0.05, 0) is 25.7 Å². The number of halogens is 1. The van der Waals surface area contributed by atoms with Gasteiger partial charge in [-0.2, -0.15) is 5.26 Å². The lowest BCUT2D eigenvalue weighted by Gasteiger charge is -2.28. The van der Waals surface area contributed by atoms with E-state index in [0.29, 0.717) is 22.9 Å². The Bertz CT molecular complexity index is 841. The van der Waals surface area contributed by atoms with Gasteiger partial charge in [0.1, 0.15) is 10.2 Å². The molecule has 1 N–H and O–H groups in total. The Labute approximate surface area is 148 Å². The van der Waals surface area contributed by atoms with Crippen LogP contribution in [0.4, 0.5) is 10.9 Å². The molecule has 1 aliphatic heterocycles. The van der Waals surface area contributed by atoms with Gasteiger partial charge in [0.25, 0.3) is 0 Å². The summed E-state index contributed by atoms with van der Waals surface area (Å²) in [6.07, 6.45) is 5.33. The van der Waals surface area contributed by atoms with Crippen LogP contribution in [-0.4, -0.2) is 29.0 Å². The smallest absolute Gasteiger partial charge is 0.228 e. The third kappa shape index (κ3) is 2.92.